The van der Waals surface area contributed by atoms with Gasteiger partial charge in [-0.05, 0) is 18.2 Å². The molecule has 0 spiro atoms. The Morgan fingerprint density at radius 3 is 2.28 bits per heavy atom. The van der Waals surface area contributed by atoms with Gasteiger partial charge < -0.3 is 0 Å². The molecule has 12 heteroatoms. The van der Waals surface area contributed by atoms with Crippen molar-refractivity contribution < 1.29 is 22.8 Å². The van der Waals surface area contributed by atoms with Gasteiger partial charge in [0.25, 0.3) is 5.91 Å². The minimum Gasteiger partial charge on any atom is -0.265 e. The number of alkyl halides is 7. The number of hydrogen-bond acceptors (Lipinski definition) is 3. The molecule has 3 amide bonds. The SMILES string of the molecule is CN1C(=O)/C(=N/C(Cl)C(Cl)(Cl)Cl)N(c2cccc(C(F)(F)F)c2)C1=O. The molecule has 0 aliphatic carbocycles. The maximum atomic E-state index is 12.9. The van der Waals surface area contributed by atoms with Crippen LogP contribution in [0.3, 0.4) is 0 Å². The third kappa shape index (κ3) is 4.13. The lowest BCUT2D eigenvalue weighted by molar-refractivity contribution is -0.137. The van der Waals surface area contributed by atoms with E-state index < -0.39 is 38.8 Å². The van der Waals surface area contributed by atoms with Crippen molar-refractivity contribution in [3.8, 4) is 0 Å². The van der Waals surface area contributed by atoms with Gasteiger partial charge in [-0.2, -0.15) is 13.2 Å². The number of halogens is 7. The van der Waals surface area contributed by atoms with Gasteiger partial charge >= 0.3 is 12.2 Å². The predicted octanol–water partition coefficient (Wildman–Crippen LogP) is 4.44. The molecule has 5 nitrogen and oxygen atoms in total. The normalized spacial score (nSPS) is 19.1. The number of urea groups is 1. The van der Waals surface area contributed by atoms with Gasteiger partial charge in [0, 0.05) is 7.05 Å². The van der Waals surface area contributed by atoms with Crippen LogP contribution >= 0.6 is 46.4 Å². The van der Waals surface area contributed by atoms with Crippen LogP contribution in [-0.4, -0.2) is 39.0 Å². The number of hydrogen-bond donors (Lipinski definition) is 0. The van der Waals surface area contributed by atoms with Crippen molar-refractivity contribution in [1.82, 2.24) is 4.90 Å². The highest BCUT2D eigenvalue weighted by atomic mass is 35.6. The van der Waals surface area contributed by atoms with Crippen LogP contribution in [0.4, 0.5) is 23.7 Å². The number of carbonyl (C=O) groups excluding carboxylic acids is 2. The molecular weight excluding hydrogens is 429 g/mol. The Balaban J connectivity index is 2.55. The molecule has 0 radical (unpaired) electrons. The third-order valence-electron chi connectivity index (χ3n) is 3.12. The number of amidine groups is 1. The number of carbonyl (C=O) groups is 2. The number of likely N-dealkylation sites (N-methyl/N-ethyl adjacent to an activating group) is 1. The van der Waals surface area contributed by atoms with Crippen molar-refractivity contribution in [2.75, 3.05) is 11.9 Å². The molecule has 1 aliphatic rings. The van der Waals surface area contributed by atoms with E-state index in [1.54, 1.807) is 0 Å². The molecule has 1 aromatic rings. The number of aliphatic imine (C=N–C) groups is 1. The Kier molecular flexibility index (Phi) is 5.49. The van der Waals surface area contributed by atoms with E-state index in [2.05, 4.69) is 4.99 Å². The van der Waals surface area contributed by atoms with Gasteiger partial charge in [-0.1, -0.05) is 52.5 Å². The van der Waals surface area contributed by atoms with Crippen LogP contribution in [-0.2, 0) is 11.0 Å². The summed E-state index contributed by atoms with van der Waals surface area (Å²) < 4.78 is 36.6. The van der Waals surface area contributed by atoms with Gasteiger partial charge in [-0.25, -0.2) is 14.7 Å². The molecule has 25 heavy (non-hydrogen) atoms. The summed E-state index contributed by atoms with van der Waals surface area (Å²) in [6, 6.07) is 2.87. The number of benzene rings is 1. The predicted molar refractivity (Wildman–Crippen MR) is 89.5 cm³/mol. The Morgan fingerprint density at radius 1 is 1.16 bits per heavy atom. The lowest BCUT2D eigenvalue weighted by Gasteiger charge is -2.19. The molecule has 1 saturated heterocycles. The molecule has 1 unspecified atom stereocenters. The van der Waals surface area contributed by atoms with E-state index in [-0.39, 0.29) is 5.69 Å². The van der Waals surface area contributed by atoms with Gasteiger partial charge in [-0.3, -0.25) is 9.69 Å². The standard InChI is InChI=1S/C13H8Cl4F3N3O2/c1-22-9(24)8(21-10(14)12(15,16)17)23(11(22)25)7-4-2-3-6(5-7)13(18,19)20/h2-5,10H,1H3/b21-8-. The second-order valence-electron chi connectivity index (χ2n) is 4.86. The molecule has 1 aliphatic heterocycles. The van der Waals surface area contributed by atoms with E-state index in [9.17, 15) is 22.8 Å². The molecule has 1 aromatic carbocycles. The second kappa shape index (κ2) is 6.83. The Labute approximate surface area is 159 Å². The lowest BCUT2D eigenvalue weighted by atomic mass is 10.2. The van der Waals surface area contributed by atoms with Crippen LogP contribution in [0.5, 0.6) is 0 Å². The summed E-state index contributed by atoms with van der Waals surface area (Å²) in [4.78, 5) is 29.4. The minimum atomic E-state index is -4.64. The first kappa shape index (κ1) is 20.1. The highest BCUT2D eigenvalue weighted by Gasteiger charge is 2.44. The van der Waals surface area contributed by atoms with Gasteiger partial charge in [-0.15, -0.1) is 0 Å². The monoisotopic (exact) mass is 435 g/mol. The summed E-state index contributed by atoms with van der Waals surface area (Å²) in [6.07, 6.45) is -4.64. The Hall–Kier alpha value is -1.22. The molecule has 1 atom stereocenters. The van der Waals surface area contributed by atoms with E-state index in [0.29, 0.717) is 15.9 Å². The Morgan fingerprint density at radius 2 is 1.76 bits per heavy atom. The largest absolute Gasteiger partial charge is 0.416 e. The summed E-state index contributed by atoms with van der Waals surface area (Å²) >= 11 is 22.5. The van der Waals surface area contributed by atoms with E-state index >= 15 is 0 Å². The first-order chi connectivity index (χ1) is 11.3. The second-order valence-corrected chi connectivity index (χ2v) is 7.64. The van der Waals surface area contributed by atoms with Gasteiger partial charge in [0.05, 0.1) is 11.3 Å². The molecule has 0 saturated carbocycles. The Bertz CT molecular complexity index is 749. The molecule has 1 heterocycles. The van der Waals surface area contributed by atoms with E-state index in [1.807, 2.05) is 0 Å². The maximum Gasteiger partial charge on any atom is 0.416 e. The fourth-order valence-corrected chi connectivity index (χ4v) is 2.16. The number of imide groups is 1. The van der Waals surface area contributed by atoms with E-state index in [0.717, 1.165) is 19.2 Å². The zero-order chi connectivity index (χ0) is 19.2. The smallest absolute Gasteiger partial charge is 0.265 e. The average molecular weight is 437 g/mol. The molecule has 0 aromatic heterocycles. The van der Waals surface area contributed by atoms with Crippen molar-refractivity contribution in [2.45, 2.75) is 15.5 Å². The van der Waals surface area contributed by atoms with Crippen LogP contribution in [0, 0.1) is 0 Å². The highest BCUT2D eigenvalue weighted by Crippen LogP contribution is 2.36. The summed E-state index contributed by atoms with van der Waals surface area (Å²) in [5, 5.41) is 0. The summed E-state index contributed by atoms with van der Waals surface area (Å²) in [6.45, 7) is 0. The quantitative estimate of drug-likeness (QED) is 0.391. The van der Waals surface area contributed by atoms with Crippen LogP contribution in [0.1, 0.15) is 5.56 Å². The van der Waals surface area contributed by atoms with Gasteiger partial charge in [0.1, 0.15) is 0 Å². The zero-order valence-electron chi connectivity index (χ0n) is 12.2. The average Bonchev–Trinajstić information content (AvgIpc) is 2.70. The number of amides is 3. The van der Waals surface area contributed by atoms with Crippen LogP contribution in [0.25, 0.3) is 0 Å². The fourth-order valence-electron chi connectivity index (χ4n) is 1.92. The summed E-state index contributed by atoms with van der Waals surface area (Å²) in [5.74, 6) is -1.46. The number of nitrogens with zero attached hydrogens (tertiary/aromatic N) is 3. The summed E-state index contributed by atoms with van der Waals surface area (Å²) in [5.41, 5.74) is -2.79. The van der Waals surface area contributed by atoms with Crippen molar-refractivity contribution in [2.24, 2.45) is 4.99 Å². The van der Waals surface area contributed by atoms with Crippen molar-refractivity contribution in [1.29, 1.82) is 0 Å². The fraction of sp³-hybridized carbons (Fsp3) is 0.308. The minimum absolute atomic E-state index is 0.232. The van der Waals surface area contributed by atoms with E-state index in [1.165, 1.54) is 6.07 Å². The first-order valence-corrected chi connectivity index (χ1v) is 7.99. The molecule has 0 bridgehead atoms. The molecule has 1 fully saturated rings. The maximum absolute atomic E-state index is 12.9. The van der Waals surface area contributed by atoms with Crippen LogP contribution in [0.2, 0.25) is 0 Å². The zero-order valence-corrected chi connectivity index (χ0v) is 15.2. The highest BCUT2D eigenvalue weighted by molar-refractivity contribution is 6.70. The number of anilines is 1. The molecule has 0 N–H and O–H groups in total. The topological polar surface area (TPSA) is 53.0 Å². The first-order valence-electron chi connectivity index (χ1n) is 6.42. The van der Waals surface area contributed by atoms with Crippen LogP contribution in [0.15, 0.2) is 29.3 Å². The van der Waals surface area contributed by atoms with E-state index in [4.69, 9.17) is 46.4 Å². The molecular formula is C13H8Cl4F3N3O2. The van der Waals surface area contributed by atoms with Crippen molar-refractivity contribution in [3.05, 3.63) is 29.8 Å². The van der Waals surface area contributed by atoms with Crippen molar-refractivity contribution >= 4 is 69.9 Å². The number of rotatable bonds is 2. The molecule has 2 rings (SSSR count). The summed E-state index contributed by atoms with van der Waals surface area (Å²) in [7, 11) is 1.13. The van der Waals surface area contributed by atoms with Crippen LogP contribution < -0.4 is 4.90 Å². The van der Waals surface area contributed by atoms with Gasteiger partial charge in [0.2, 0.25) is 9.63 Å². The van der Waals surface area contributed by atoms with Crippen molar-refractivity contribution in [3.63, 3.8) is 0 Å². The molecule has 136 valence electrons. The third-order valence-corrected chi connectivity index (χ3v) is 4.50. The van der Waals surface area contributed by atoms with Gasteiger partial charge in [0.15, 0.2) is 5.50 Å². The lowest BCUT2D eigenvalue weighted by Crippen LogP contribution is -2.33.